The fourth-order valence-corrected chi connectivity index (χ4v) is 4.09. The van der Waals surface area contributed by atoms with Crippen molar-refractivity contribution in [3.8, 4) is 5.88 Å². The quantitative estimate of drug-likeness (QED) is 0.631. The first-order chi connectivity index (χ1) is 14.8. The van der Waals surface area contributed by atoms with Crippen LogP contribution in [0.25, 0.3) is 0 Å². The van der Waals surface area contributed by atoms with Crippen LogP contribution in [-0.4, -0.2) is 53.8 Å². The molecule has 2 aromatic rings. The van der Waals surface area contributed by atoms with Crippen LogP contribution in [0.5, 0.6) is 5.88 Å². The van der Waals surface area contributed by atoms with Gasteiger partial charge in [-0.3, -0.25) is 4.79 Å². The van der Waals surface area contributed by atoms with Gasteiger partial charge in [0.15, 0.2) is 0 Å². The van der Waals surface area contributed by atoms with Crippen molar-refractivity contribution in [2.45, 2.75) is 45.1 Å². The van der Waals surface area contributed by atoms with Crippen molar-refractivity contribution in [2.24, 2.45) is 0 Å². The fourth-order valence-electron chi connectivity index (χ4n) is 4.09. The molecule has 31 heavy (non-hydrogen) atoms. The number of alkyl halides is 2. The van der Waals surface area contributed by atoms with E-state index in [0.29, 0.717) is 31.7 Å². The van der Waals surface area contributed by atoms with Gasteiger partial charge >= 0.3 is 6.61 Å². The Kier molecular flexibility index (Phi) is 7.23. The number of amides is 1. The van der Waals surface area contributed by atoms with Crippen molar-refractivity contribution >= 4 is 11.6 Å². The van der Waals surface area contributed by atoms with Crippen molar-refractivity contribution in [3.05, 3.63) is 53.2 Å². The number of likely N-dealkylation sites (tertiary alicyclic amines) is 1. The molecule has 0 unspecified atom stereocenters. The minimum absolute atomic E-state index is 0.0850. The van der Waals surface area contributed by atoms with E-state index in [1.54, 1.807) is 13.0 Å². The number of ether oxygens (including phenoxy) is 1. The largest absolute Gasteiger partial charge is 0.415 e. The van der Waals surface area contributed by atoms with Crippen molar-refractivity contribution < 1.29 is 23.4 Å². The second kappa shape index (κ2) is 9.70. The molecule has 168 valence electrons. The summed E-state index contributed by atoms with van der Waals surface area (Å²) in [5.41, 5.74) is 1.80. The number of nitrogens with zero attached hydrogens (tertiary/aromatic N) is 2. The minimum atomic E-state index is -3.04. The van der Waals surface area contributed by atoms with Gasteiger partial charge in [0.05, 0.1) is 5.41 Å². The Bertz CT molecular complexity index is 915. The third kappa shape index (κ3) is 5.02. The lowest BCUT2D eigenvalue weighted by Gasteiger charge is -2.50. The van der Waals surface area contributed by atoms with E-state index in [-0.39, 0.29) is 30.0 Å². The predicted octanol–water partition coefficient (Wildman–Crippen LogP) is 3.69. The zero-order valence-corrected chi connectivity index (χ0v) is 18.1. The normalized spacial score (nSPS) is 15.7. The molecule has 2 heterocycles. The monoisotopic (exact) mass is 433 g/mol. The number of aryl methyl sites for hydroxylation is 1. The van der Waals surface area contributed by atoms with Crippen LogP contribution < -0.4 is 10.1 Å². The molecular formula is C23H29F2N3O3. The average Bonchev–Trinajstić information content (AvgIpc) is 2.69. The van der Waals surface area contributed by atoms with Crippen LogP contribution in [0.1, 0.15) is 43.0 Å². The molecule has 3 rings (SSSR count). The van der Waals surface area contributed by atoms with Crippen LogP contribution in [0.15, 0.2) is 36.4 Å². The van der Waals surface area contributed by atoms with Gasteiger partial charge in [-0.15, -0.1) is 0 Å². The van der Waals surface area contributed by atoms with Gasteiger partial charge in [0, 0.05) is 31.9 Å². The molecule has 0 atom stereocenters. The Morgan fingerprint density at radius 1 is 1.26 bits per heavy atom. The second-order valence-corrected chi connectivity index (χ2v) is 8.25. The summed E-state index contributed by atoms with van der Waals surface area (Å²) in [6.45, 7) is 4.49. The molecular weight excluding hydrogens is 404 g/mol. The second-order valence-electron chi connectivity index (χ2n) is 8.25. The van der Waals surface area contributed by atoms with E-state index >= 15 is 0 Å². The van der Waals surface area contributed by atoms with Crippen LogP contribution in [0.3, 0.4) is 0 Å². The van der Waals surface area contributed by atoms with Gasteiger partial charge in [0.25, 0.3) is 0 Å². The minimum Gasteiger partial charge on any atom is -0.415 e. The molecule has 0 spiro atoms. The number of carbonyl (C=O) groups excluding carboxylic acids is 1. The van der Waals surface area contributed by atoms with Gasteiger partial charge in [-0.05, 0) is 42.5 Å². The number of hydrogen-bond acceptors (Lipinski definition) is 5. The van der Waals surface area contributed by atoms with Gasteiger partial charge < -0.3 is 20.1 Å². The number of carbonyl (C=O) groups is 1. The molecule has 1 aromatic carbocycles. The first kappa shape index (κ1) is 23.1. The summed E-state index contributed by atoms with van der Waals surface area (Å²) in [6.07, 6.45) is 0.623. The average molecular weight is 433 g/mol. The van der Waals surface area contributed by atoms with Gasteiger partial charge in [-0.1, -0.05) is 38.1 Å². The van der Waals surface area contributed by atoms with Crippen molar-refractivity contribution in [2.75, 3.05) is 31.6 Å². The third-order valence-electron chi connectivity index (χ3n) is 5.60. The van der Waals surface area contributed by atoms with Crippen LogP contribution >= 0.6 is 0 Å². The topological polar surface area (TPSA) is 74.7 Å². The number of aliphatic hydroxyl groups excluding tert-OH is 1. The van der Waals surface area contributed by atoms with Crippen LogP contribution in [-0.2, 0) is 10.2 Å². The van der Waals surface area contributed by atoms with E-state index in [1.165, 1.54) is 6.07 Å². The number of aliphatic hydroxyl groups is 1. The van der Waals surface area contributed by atoms with E-state index in [0.717, 1.165) is 11.1 Å². The molecule has 1 aliphatic heterocycles. The van der Waals surface area contributed by atoms with Gasteiger partial charge in [0.1, 0.15) is 5.69 Å². The number of hydrogen-bond donors (Lipinski definition) is 2. The molecule has 8 heteroatoms. The lowest BCUT2D eigenvalue weighted by atomic mass is 9.69. The van der Waals surface area contributed by atoms with Gasteiger partial charge in [0.2, 0.25) is 11.8 Å². The number of anilines is 1. The molecule has 2 N–H and O–H groups in total. The smallest absolute Gasteiger partial charge is 0.388 e. The number of aromatic nitrogens is 1. The molecule has 1 aliphatic rings. The van der Waals surface area contributed by atoms with Crippen molar-refractivity contribution in [1.29, 1.82) is 0 Å². The van der Waals surface area contributed by atoms with Gasteiger partial charge in [-0.25, -0.2) is 4.98 Å². The van der Waals surface area contributed by atoms with Crippen molar-refractivity contribution in [3.63, 3.8) is 0 Å². The lowest BCUT2D eigenvalue weighted by molar-refractivity contribution is -0.128. The number of pyridine rings is 1. The Balaban J connectivity index is 1.94. The Morgan fingerprint density at radius 3 is 2.61 bits per heavy atom. The molecule has 0 aliphatic carbocycles. The highest BCUT2D eigenvalue weighted by atomic mass is 19.3. The SMILES string of the molecule is Cc1ccc(NC(=O)C2(c3ccccc3C(C)C)CN(CCCO)C2)c(OC(F)F)n1. The standard InChI is InChI=1S/C23H29F2N3O3/c1-15(2)17-7-4-5-8-18(17)23(13-28(14-23)11-6-12-29)21(30)27-19-10-9-16(3)26-20(19)31-22(24)25/h4-5,7-10,15,22,29H,6,11-14H2,1-3H3,(H,27,30). The first-order valence-corrected chi connectivity index (χ1v) is 10.4. The highest BCUT2D eigenvalue weighted by Gasteiger charge is 2.51. The number of benzene rings is 1. The highest BCUT2D eigenvalue weighted by Crippen LogP contribution is 2.40. The van der Waals surface area contributed by atoms with E-state index in [9.17, 15) is 13.6 Å². The summed E-state index contributed by atoms with van der Waals surface area (Å²) < 4.78 is 30.2. The third-order valence-corrected chi connectivity index (χ3v) is 5.60. The number of halogens is 2. The summed E-state index contributed by atoms with van der Waals surface area (Å²) >= 11 is 0. The fraction of sp³-hybridized carbons (Fsp3) is 0.478. The van der Waals surface area contributed by atoms with Crippen LogP contribution in [0.2, 0.25) is 0 Å². The van der Waals surface area contributed by atoms with E-state index in [1.807, 2.05) is 24.3 Å². The summed E-state index contributed by atoms with van der Waals surface area (Å²) in [4.78, 5) is 19.7. The molecule has 1 amide bonds. The molecule has 0 saturated carbocycles. The maximum atomic E-state index is 13.6. The van der Waals surface area contributed by atoms with Crippen LogP contribution in [0.4, 0.5) is 14.5 Å². The van der Waals surface area contributed by atoms with E-state index < -0.39 is 12.0 Å². The molecule has 0 bridgehead atoms. The Labute approximate surface area is 181 Å². The van der Waals surface area contributed by atoms with E-state index in [4.69, 9.17) is 5.11 Å². The highest BCUT2D eigenvalue weighted by molar-refractivity contribution is 6.01. The molecule has 0 radical (unpaired) electrons. The Morgan fingerprint density at radius 2 is 1.97 bits per heavy atom. The molecule has 6 nitrogen and oxygen atoms in total. The predicted molar refractivity (Wildman–Crippen MR) is 115 cm³/mol. The zero-order valence-electron chi connectivity index (χ0n) is 18.1. The van der Waals surface area contributed by atoms with Crippen molar-refractivity contribution in [1.82, 2.24) is 9.88 Å². The summed E-state index contributed by atoms with van der Waals surface area (Å²) in [7, 11) is 0. The van der Waals surface area contributed by atoms with E-state index in [2.05, 4.69) is 33.8 Å². The number of rotatable bonds is 9. The lowest BCUT2D eigenvalue weighted by Crippen LogP contribution is -2.65. The maximum absolute atomic E-state index is 13.6. The molecule has 1 aromatic heterocycles. The number of nitrogens with one attached hydrogen (secondary N) is 1. The molecule has 1 saturated heterocycles. The maximum Gasteiger partial charge on any atom is 0.388 e. The summed E-state index contributed by atoms with van der Waals surface area (Å²) in [5.74, 6) is -0.371. The van der Waals surface area contributed by atoms with Gasteiger partial charge in [-0.2, -0.15) is 8.78 Å². The summed E-state index contributed by atoms with van der Waals surface area (Å²) in [5, 5.41) is 11.9. The zero-order chi connectivity index (χ0) is 22.6. The summed E-state index contributed by atoms with van der Waals surface area (Å²) in [6, 6.07) is 11.0. The van der Waals surface area contributed by atoms with Crippen LogP contribution in [0, 0.1) is 6.92 Å². The molecule has 1 fully saturated rings. The Hall–Kier alpha value is -2.58. The first-order valence-electron chi connectivity index (χ1n) is 10.4.